The van der Waals surface area contributed by atoms with Gasteiger partial charge in [-0.25, -0.2) is 4.39 Å². The Morgan fingerprint density at radius 3 is 2.27 bits per heavy atom. The van der Waals surface area contributed by atoms with Gasteiger partial charge >= 0.3 is 5.97 Å². The highest BCUT2D eigenvalue weighted by molar-refractivity contribution is 5.77. The minimum absolute atomic E-state index is 0.0659. The van der Waals surface area contributed by atoms with Crippen molar-refractivity contribution in [2.75, 3.05) is 39.3 Å². The van der Waals surface area contributed by atoms with Crippen molar-refractivity contribution in [2.45, 2.75) is 32.8 Å². The molecule has 1 saturated heterocycles. The van der Waals surface area contributed by atoms with Gasteiger partial charge in [-0.3, -0.25) is 14.5 Å². The summed E-state index contributed by atoms with van der Waals surface area (Å²) in [4.78, 5) is 27.9. The van der Waals surface area contributed by atoms with Gasteiger partial charge < -0.3 is 14.4 Å². The number of carbonyl (C=O) groups excluding carboxylic acids is 2. The van der Waals surface area contributed by atoms with Crippen LogP contribution < -0.4 is 4.74 Å². The number of nitrogens with zero attached hydrogens (tertiary/aromatic N) is 2. The Kier molecular flexibility index (Phi) is 6.97. The summed E-state index contributed by atoms with van der Waals surface area (Å²) in [5, 5.41) is 0. The van der Waals surface area contributed by atoms with Crippen LogP contribution in [-0.2, 0) is 14.3 Å². The van der Waals surface area contributed by atoms with E-state index in [2.05, 4.69) is 4.90 Å². The number of esters is 1. The molecule has 2 rings (SSSR count). The highest BCUT2D eigenvalue weighted by atomic mass is 19.1. The molecule has 0 unspecified atom stereocenters. The topological polar surface area (TPSA) is 59.1 Å². The normalized spacial score (nSPS) is 15.6. The molecule has 1 aliphatic rings. The Morgan fingerprint density at radius 2 is 1.69 bits per heavy atom. The second-order valence-electron chi connectivity index (χ2n) is 7.30. The molecule has 1 aromatic rings. The van der Waals surface area contributed by atoms with E-state index in [9.17, 15) is 14.0 Å². The van der Waals surface area contributed by atoms with E-state index >= 15 is 0 Å². The van der Waals surface area contributed by atoms with Crippen molar-refractivity contribution >= 4 is 11.9 Å². The zero-order chi connectivity index (χ0) is 19.2. The average molecular weight is 366 g/mol. The molecule has 1 amide bonds. The van der Waals surface area contributed by atoms with Gasteiger partial charge in [0.15, 0.2) is 6.61 Å². The van der Waals surface area contributed by atoms with Gasteiger partial charge in [-0.05, 0) is 45.0 Å². The number of hydrogen-bond donors (Lipinski definition) is 0. The van der Waals surface area contributed by atoms with Crippen molar-refractivity contribution in [3.05, 3.63) is 30.1 Å². The Hall–Kier alpha value is -2.15. The standard InChI is InChI=1S/C19H27FN2O4/c1-19(2,3)26-18(24)8-9-21-10-12-22(13-11-21)17(23)14-25-16-6-4-15(20)5-7-16/h4-7H,8-14H2,1-3H3. The first kappa shape index (κ1) is 20.2. The molecule has 1 fully saturated rings. The molecule has 0 N–H and O–H groups in total. The third-order valence-corrected chi connectivity index (χ3v) is 3.95. The van der Waals surface area contributed by atoms with Gasteiger partial charge in [0.1, 0.15) is 17.2 Å². The second-order valence-corrected chi connectivity index (χ2v) is 7.30. The van der Waals surface area contributed by atoms with E-state index in [0.717, 1.165) is 0 Å². The zero-order valence-electron chi connectivity index (χ0n) is 15.7. The predicted octanol–water partition coefficient (Wildman–Crippen LogP) is 2.08. The molecular formula is C19H27FN2O4. The van der Waals surface area contributed by atoms with Crippen LogP contribution in [0, 0.1) is 5.82 Å². The molecule has 0 bridgehead atoms. The molecule has 0 radical (unpaired) electrons. The summed E-state index contributed by atoms with van der Waals surface area (Å²) in [6.45, 7) is 8.73. The van der Waals surface area contributed by atoms with Crippen LogP contribution in [0.1, 0.15) is 27.2 Å². The predicted molar refractivity (Wildman–Crippen MR) is 95.4 cm³/mol. The number of carbonyl (C=O) groups is 2. The van der Waals surface area contributed by atoms with Crippen molar-refractivity contribution < 1.29 is 23.5 Å². The number of hydrogen-bond acceptors (Lipinski definition) is 5. The van der Waals surface area contributed by atoms with Gasteiger partial charge in [-0.15, -0.1) is 0 Å². The number of rotatable bonds is 6. The third-order valence-electron chi connectivity index (χ3n) is 3.95. The molecule has 1 heterocycles. The zero-order valence-corrected chi connectivity index (χ0v) is 15.7. The smallest absolute Gasteiger partial charge is 0.307 e. The largest absolute Gasteiger partial charge is 0.484 e. The fourth-order valence-electron chi connectivity index (χ4n) is 2.63. The van der Waals surface area contributed by atoms with E-state index < -0.39 is 5.60 Å². The molecule has 7 heteroatoms. The van der Waals surface area contributed by atoms with Crippen LogP contribution in [0.2, 0.25) is 0 Å². The van der Waals surface area contributed by atoms with E-state index in [1.165, 1.54) is 24.3 Å². The molecule has 0 saturated carbocycles. The molecule has 144 valence electrons. The molecule has 0 aliphatic carbocycles. The number of amides is 1. The van der Waals surface area contributed by atoms with Gasteiger partial charge in [-0.1, -0.05) is 0 Å². The molecule has 0 spiro atoms. The second kappa shape index (κ2) is 8.98. The van der Waals surface area contributed by atoms with E-state index in [4.69, 9.17) is 9.47 Å². The first-order chi connectivity index (χ1) is 12.2. The van der Waals surface area contributed by atoms with Crippen LogP contribution >= 0.6 is 0 Å². The van der Waals surface area contributed by atoms with Gasteiger partial charge in [0.25, 0.3) is 5.91 Å². The highest BCUT2D eigenvalue weighted by Crippen LogP contribution is 2.12. The van der Waals surface area contributed by atoms with Crippen LogP contribution in [0.3, 0.4) is 0 Å². The first-order valence-electron chi connectivity index (χ1n) is 8.83. The Labute approximate surface area is 153 Å². The summed E-state index contributed by atoms with van der Waals surface area (Å²) in [7, 11) is 0. The summed E-state index contributed by atoms with van der Waals surface area (Å²) in [6, 6.07) is 5.58. The molecule has 26 heavy (non-hydrogen) atoms. The van der Waals surface area contributed by atoms with E-state index in [-0.39, 0.29) is 24.3 Å². The van der Waals surface area contributed by atoms with Crippen molar-refractivity contribution in [1.29, 1.82) is 0 Å². The summed E-state index contributed by atoms with van der Waals surface area (Å²) < 4.78 is 23.5. The average Bonchev–Trinajstić information content (AvgIpc) is 2.58. The number of halogens is 1. The van der Waals surface area contributed by atoms with E-state index in [1.54, 1.807) is 4.90 Å². The van der Waals surface area contributed by atoms with Crippen molar-refractivity contribution in [2.24, 2.45) is 0 Å². The van der Waals surface area contributed by atoms with Crippen LogP contribution in [0.25, 0.3) is 0 Å². The van der Waals surface area contributed by atoms with Crippen molar-refractivity contribution in [1.82, 2.24) is 9.80 Å². The van der Waals surface area contributed by atoms with Crippen LogP contribution in [0.15, 0.2) is 24.3 Å². The maximum absolute atomic E-state index is 12.8. The van der Waals surface area contributed by atoms with Gasteiger partial charge in [-0.2, -0.15) is 0 Å². The van der Waals surface area contributed by atoms with Gasteiger partial charge in [0.2, 0.25) is 0 Å². The van der Waals surface area contributed by atoms with Crippen LogP contribution in [0.4, 0.5) is 4.39 Å². The Balaban J connectivity index is 1.66. The third kappa shape index (κ3) is 7.00. The van der Waals surface area contributed by atoms with Crippen molar-refractivity contribution in [3.63, 3.8) is 0 Å². The lowest BCUT2D eigenvalue weighted by molar-refractivity contribution is -0.155. The van der Waals surface area contributed by atoms with Gasteiger partial charge in [0, 0.05) is 32.7 Å². The summed E-state index contributed by atoms with van der Waals surface area (Å²) in [5.74, 6) is -0.174. The lowest BCUT2D eigenvalue weighted by Crippen LogP contribution is -2.50. The highest BCUT2D eigenvalue weighted by Gasteiger charge is 2.23. The van der Waals surface area contributed by atoms with Gasteiger partial charge in [0.05, 0.1) is 6.42 Å². The summed E-state index contributed by atoms with van der Waals surface area (Å²) in [5.41, 5.74) is -0.466. The lowest BCUT2D eigenvalue weighted by atomic mass is 10.2. The number of piperazine rings is 1. The summed E-state index contributed by atoms with van der Waals surface area (Å²) in [6.07, 6.45) is 0.346. The Morgan fingerprint density at radius 1 is 1.08 bits per heavy atom. The van der Waals surface area contributed by atoms with E-state index in [1.807, 2.05) is 20.8 Å². The van der Waals surface area contributed by atoms with E-state index in [0.29, 0.717) is 44.9 Å². The first-order valence-corrected chi connectivity index (χ1v) is 8.83. The summed E-state index contributed by atoms with van der Waals surface area (Å²) >= 11 is 0. The van der Waals surface area contributed by atoms with Crippen LogP contribution in [0.5, 0.6) is 5.75 Å². The monoisotopic (exact) mass is 366 g/mol. The molecular weight excluding hydrogens is 339 g/mol. The number of ether oxygens (including phenoxy) is 2. The maximum Gasteiger partial charge on any atom is 0.307 e. The Bertz CT molecular complexity index is 605. The quantitative estimate of drug-likeness (QED) is 0.722. The molecule has 0 aromatic heterocycles. The van der Waals surface area contributed by atoms with Crippen molar-refractivity contribution in [3.8, 4) is 5.75 Å². The molecule has 0 atom stereocenters. The minimum Gasteiger partial charge on any atom is -0.484 e. The molecule has 1 aromatic carbocycles. The minimum atomic E-state index is -0.466. The number of benzene rings is 1. The maximum atomic E-state index is 12.8. The molecule has 1 aliphatic heterocycles. The lowest BCUT2D eigenvalue weighted by Gasteiger charge is -2.34. The SMILES string of the molecule is CC(C)(C)OC(=O)CCN1CCN(C(=O)COc2ccc(F)cc2)CC1. The fourth-order valence-corrected chi connectivity index (χ4v) is 2.63. The van der Waals surface area contributed by atoms with Crippen LogP contribution in [-0.4, -0.2) is 66.6 Å². The fraction of sp³-hybridized carbons (Fsp3) is 0.579. The molecule has 6 nitrogen and oxygen atoms in total.